The Morgan fingerprint density at radius 2 is 2.03 bits per heavy atom. The molecule has 0 radical (unpaired) electrons. The van der Waals surface area contributed by atoms with Crippen molar-refractivity contribution in [3.63, 3.8) is 0 Å². The fourth-order valence-corrected chi connectivity index (χ4v) is 6.21. The molecule has 162 valence electrons. The molecule has 5 rings (SSSR count). The van der Waals surface area contributed by atoms with E-state index >= 15 is 0 Å². The lowest BCUT2D eigenvalue weighted by molar-refractivity contribution is -0.386. The maximum Gasteiger partial charge on any atom is 0.410 e. The molecule has 1 heterocycles. The molecule has 0 aromatic heterocycles. The van der Waals surface area contributed by atoms with Gasteiger partial charge in [0.1, 0.15) is 6.61 Å². The van der Waals surface area contributed by atoms with Crippen molar-refractivity contribution in [3.8, 4) is 5.75 Å². The number of nitrogens with zero attached hydrogens (tertiary/aromatic N) is 2. The summed E-state index contributed by atoms with van der Waals surface area (Å²) in [6, 6.07) is 12.7. The van der Waals surface area contributed by atoms with Gasteiger partial charge in [0.05, 0.1) is 4.92 Å². The van der Waals surface area contributed by atoms with Gasteiger partial charge < -0.3 is 14.7 Å². The van der Waals surface area contributed by atoms with Crippen molar-refractivity contribution in [2.24, 2.45) is 5.92 Å². The third kappa shape index (κ3) is 3.23. The number of fused-ring (bicyclic) bond motifs is 1. The summed E-state index contributed by atoms with van der Waals surface area (Å²) in [5.74, 6) is 0.0261. The first-order chi connectivity index (χ1) is 15.0. The van der Waals surface area contributed by atoms with Crippen molar-refractivity contribution in [2.75, 3.05) is 6.54 Å². The molecule has 1 aliphatic heterocycles. The fourth-order valence-electron chi connectivity index (χ4n) is 6.21. The van der Waals surface area contributed by atoms with Crippen molar-refractivity contribution in [1.82, 2.24) is 4.90 Å². The van der Waals surface area contributed by atoms with Crippen LogP contribution in [0.3, 0.4) is 0 Å². The Labute approximate surface area is 180 Å². The first-order valence-electron chi connectivity index (χ1n) is 11.0. The van der Waals surface area contributed by atoms with E-state index in [0.717, 1.165) is 48.8 Å². The molecule has 2 aliphatic carbocycles. The number of carbonyl (C=O) groups excluding carboxylic acids is 1. The zero-order valence-corrected chi connectivity index (χ0v) is 17.3. The average Bonchev–Trinajstić information content (AvgIpc) is 2.78. The number of aromatic hydroxyl groups is 1. The van der Waals surface area contributed by atoms with Crippen molar-refractivity contribution in [2.45, 2.75) is 56.6 Å². The number of carbonyl (C=O) groups is 1. The van der Waals surface area contributed by atoms with E-state index in [4.69, 9.17) is 4.74 Å². The number of benzene rings is 2. The molecular formula is C24H26N2O5. The minimum Gasteiger partial charge on any atom is -0.502 e. The third-order valence-electron chi connectivity index (χ3n) is 7.56. The van der Waals surface area contributed by atoms with Gasteiger partial charge in [-0.05, 0) is 54.4 Å². The molecule has 1 saturated heterocycles. The SMILES string of the molecule is O=C(OCc1ccccc1)N1CC[C@@]23CCCC[C@@H]2[C@@H]1Cc1cc([N+](=O)[O-])c(O)cc13. The summed E-state index contributed by atoms with van der Waals surface area (Å²) in [6.45, 7) is 0.834. The van der Waals surface area contributed by atoms with Gasteiger partial charge in [-0.3, -0.25) is 10.1 Å². The van der Waals surface area contributed by atoms with Crippen LogP contribution in [0, 0.1) is 16.0 Å². The quantitative estimate of drug-likeness (QED) is 0.572. The number of phenols is 1. The molecule has 1 amide bonds. The Bertz CT molecular complexity index is 1020. The number of nitro groups is 1. The van der Waals surface area contributed by atoms with Gasteiger partial charge in [0, 0.05) is 24.1 Å². The zero-order valence-electron chi connectivity index (χ0n) is 17.3. The monoisotopic (exact) mass is 422 g/mol. The van der Waals surface area contributed by atoms with Crippen LogP contribution in [0.25, 0.3) is 0 Å². The van der Waals surface area contributed by atoms with Crippen molar-refractivity contribution < 1.29 is 19.6 Å². The highest BCUT2D eigenvalue weighted by Crippen LogP contribution is 2.57. The molecule has 0 spiro atoms. The largest absolute Gasteiger partial charge is 0.502 e. The predicted octanol–water partition coefficient (Wildman–Crippen LogP) is 4.70. The molecule has 7 nitrogen and oxygen atoms in total. The Hall–Kier alpha value is -3.09. The van der Waals surface area contributed by atoms with Crippen LogP contribution in [0.4, 0.5) is 10.5 Å². The van der Waals surface area contributed by atoms with Crippen LogP contribution < -0.4 is 0 Å². The van der Waals surface area contributed by atoms with Crippen molar-refractivity contribution in [3.05, 3.63) is 69.3 Å². The lowest BCUT2D eigenvalue weighted by Gasteiger charge is -2.58. The fraction of sp³-hybridized carbons (Fsp3) is 0.458. The number of phenolic OH excluding ortho intramolecular Hbond substituents is 1. The second-order valence-corrected chi connectivity index (χ2v) is 9.02. The number of likely N-dealkylation sites (tertiary alicyclic amines) is 1. The van der Waals surface area contributed by atoms with Gasteiger partial charge in [-0.15, -0.1) is 0 Å². The third-order valence-corrected chi connectivity index (χ3v) is 7.56. The maximum atomic E-state index is 13.0. The van der Waals surface area contributed by atoms with Gasteiger partial charge in [-0.25, -0.2) is 4.79 Å². The van der Waals surface area contributed by atoms with Crippen molar-refractivity contribution >= 4 is 11.8 Å². The lowest BCUT2D eigenvalue weighted by atomic mass is 9.52. The number of hydrogen-bond acceptors (Lipinski definition) is 5. The van der Waals surface area contributed by atoms with Gasteiger partial charge >= 0.3 is 11.8 Å². The predicted molar refractivity (Wildman–Crippen MR) is 114 cm³/mol. The second-order valence-electron chi connectivity index (χ2n) is 9.02. The van der Waals surface area contributed by atoms with Gasteiger partial charge in [-0.1, -0.05) is 43.2 Å². The number of nitro benzene ring substituents is 1. The molecule has 3 aliphatic rings. The highest BCUT2D eigenvalue weighted by atomic mass is 16.6. The first-order valence-corrected chi connectivity index (χ1v) is 11.0. The summed E-state index contributed by atoms with van der Waals surface area (Å²) in [5, 5.41) is 21.7. The summed E-state index contributed by atoms with van der Waals surface area (Å²) in [6.07, 6.45) is 5.26. The van der Waals surface area contributed by atoms with Crippen molar-refractivity contribution in [1.29, 1.82) is 0 Å². The summed E-state index contributed by atoms with van der Waals surface area (Å²) in [7, 11) is 0. The summed E-state index contributed by atoms with van der Waals surface area (Å²) in [4.78, 5) is 25.7. The molecule has 0 unspecified atom stereocenters. The Morgan fingerprint density at radius 1 is 1.23 bits per heavy atom. The molecule has 2 aromatic carbocycles. The molecule has 1 saturated carbocycles. The summed E-state index contributed by atoms with van der Waals surface area (Å²) >= 11 is 0. The molecule has 2 fully saturated rings. The van der Waals surface area contributed by atoms with Crippen LogP contribution in [-0.2, 0) is 23.2 Å². The van der Waals surface area contributed by atoms with E-state index < -0.39 is 4.92 Å². The normalized spacial score (nSPS) is 26.5. The van der Waals surface area contributed by atoms with Crippen LogP contribution in [0.15, 0.2) is 42.5 Å². The van der Waals surface area contributed by atoms with E-state index in [2.05, 4.69) is 0 Å². The molecule has 2 bridgehead atoms. The van der Waals surface area contributed by atoms with E-state index in [1.807, 2.05) is 35.2 Å². The van der Waals surface area contributed by atoms with Crippen LogP contribution in [0.5, 0.6) is 5.75 Å². The van der Waals surface area contributed by atoms with Crippen LogP contribution in [0.1, 0.15) is 48.8 Å². The first kappa shape index (κ1) is 19.8. The zero-order chi connectivity index (χ0) is 21.6. The smallest absolute Gasteiger partial charge is 0.410 e. The van der Waals surface area contributed by atoms with Gasteiger partial charge in [0.25, 0.3) is 0 Å². The molecule has 1 N–H and O–H groups in total. The topological polar surface area (TPSA) is 92.9 Å². The van der Waals surface area contributed by atoms with Crippen LogP contribution in [0.2, 0.25) is 0 Å². The highest BCUT2D eigenvalue weighted by Gasteiger charge is 2.55. The van der Waals surface area contributed by atoms with Crippen LogP contribution >= 0.6 is 0 Å². The molecule has 7 heteroatoms. The summed E-state index contributed by atoms with van der Waals surface area (Å²) in [5.41, 5.74) is 2.49. The average molecular weight is 422 g/mol. The summed E-state index contributed by atoms with van der Waals surface area (Å²) < 4.78 is 5.64. The van der Waals surface area contributed by atoms with Crippen LogP contribution in [-0.4, -0.2) is 33.6 Å². The highest BCUT2D eigenvalue weighted by molar-refractivity contribution is 5.69. The molecule has 31 heavy (non-hydrogen) atoms. The lowest BCUT2D eigenvalue weighted by Crippen LogP contribution is -2.62. The van der Waals surface area contributed by atoms with Gasteiger partial charge in [0.2, 0.25) is 0 Å². The Morgan fingerprint density at radius 3 is 2.81 bits per heavy atom. The van der Waals surface area contributed by atoms with E-state index in [1.54, 1.807) is 6.07 Å². The standard InChI is InChI=1S/C24H26N2O5/c27-22-14-19-17(13-21(22)26(29)30)12-20-18-8-4-5-9-24(18,19)10-11-25(20)23(28)31-15-16-6-2-1-3-7-16/h1-3,6-7,13-14,18,20,27H,4-5,8-12,15H2/t18-,20+,24+/m1/s1. The Kier molecular flexibility index (Phi) is 4.84. The minimum atomic E-state index is -0.540. The van der Waals surface area contributed by atoms with E-state index in [1.165, 1.54) is 6.07 Å². The Balaban J connectivity index is 1.46. The number of amides is 1. The molecule has 2 aromatic rings. The van der Waals surface area contributed by atoms with E-state index in [0.29, 0.717) is 13.0 Å². The number of ether oxygens (including phenoxy) is 1. The van der Waals surface area contributed by atoms with Gasteiger partial charge in [-0.2, -0.15) is 0 Å². The second kappa shape index (κ2) is 7.55. The number of piperidine rings is 1. The molecule has 3 atom stereocenters. The van der Waals surface area contributed by atoms with E-state index in [9.17, 15) is 20.0 Å². The van der Waals surface area contributed by atoms with E-state index in [-0.39, 0.29) is 41.5 Å². The number of hydrogen-bond donors (Lipinski definition) is 1. The maximum absolute atomic E-state index is 13.0. The molecular weight excluding hydrogens is 396 g/mol. The van der Waals surface area contributed by atoms with Gasteiger partial charge in [0.15, 0.2) is 5.75 Å². The minimum absolute atomic E-state index is 0.0334. The number of rotatable bonds is 3.